The molecule has 1 aromatic heterocycles. The molecule has 7 rings (SSSR count). The minimum absolute atomic E-state index is 0.0840. The Bertz CT molecular complexity index is 1480. The van der Waals surface area contributed by atoms with Crippen LogP contribution >= 0.6 is 0 Å². The molecule has 3 aromatic carbocycles. The number of hydrogen-bond donors (Lipinski definition) is 0. The number of halogens is 1. The molecule has 2 heterocycles. The summed E-state index contributed by atoms with van der Waals surface area (Å²) in [4.78, 5) is 0. The number of fused-ring (bicyclic) bond motifs is 3. The van der Waals surface area contributed by atoms with Gasteiger partial charge in [0.25, 0.3) is 0 Å². The molecule has 1 saturated carbocycles. The Balaban J connectivity index is 1.27. The van der Waals surface area contributed by atoms with Crippen molar-refractivity contribution in [1.29, 1.82) is 0 Å². The van der Waals surface area contributed by atoms with Gasteiger partial charge in [-0.05, 0) is 66.3 Å². The maximum atomic E-state index is 13.6. The summed E-state index contributed by atoms with van der Waals surface area (Å²) in [5, 5.41) is 4.70. The molecule has 1 aliphatic heterocycles. The number of nitrogens with zero attached hydrogens (tertiary/aromatic N) is 2. The van der Waals surface area contributed by atoms with E-state index in [4.69, 9.17) is 14.6 Å². The van der Waals surface area contributed by atoms with Gasteiger partial charge < -0.3 is 9.47 Å². The lowest BCUT2D eigenvalue weighted by Gasteiger charge is -2.51. The second-order valence-corrected chi connectivity index (χ2v) is 11.0. The van der Waals surface area contributed by atoms with Crippen molar-refractivity contribution in [3.05, 3.63) is 125 Å². The van der Waals surface area contributed by atoms with Crippen LogP contribution in [0.1, 0.15) is 54.7 Å². The van der Waals surface area contributed by atoms with Crippen molar-refractivity contribution in [3.8, 4) is 5.69 Å². The second kappa shape index (κ2) is 9.04. The van der Waals surface area contributed by atoms with Crippen molar-refractivity contribution in [2.75, 3.05) is 0 Å². The van der Waals surface area contributed by atoms with E-state index >= 15 is 0 Å². The molecule has 2 fully saturated rings. The predicted molar refractivity (Wildman–Crippen MR) is 145 cm³/mol. The summed E-state index contributed by atoms with van der Waals surface area (Å²) in [5.41, 5.74) is 6.53. The van der Waals surface area contributed by atoms with Crippen LogP contribution in [0.2, 0.25) is 0 Å². The number of ether oxygens (including phenoxy) is 2. The predicted octanol–water partition coefficient (Wildman–Crippen LogP) is 7.24. The zero-order chi connectivity index (χ0) is 25.7. The monoisotopic (exact) mass is 506 g/mol. The van der Waals surface area contributed by atoms with Gasteiger partial charge in [-0.15, -0.1) is 0 Å². The maximum Gasteiger partial charge on any atom is 0.179 e. The van der Waals surface area contributed by atoms with E-state index in [0.29, 0.717) is 0 Å². The van der Waals surface area contributed by atoms with E-state index in [0.717, 1.165) is 54.6 Å². The van der Waals surface area contributed by atoms with Gasteiger partial charge in [0, 0.05) is 18.3 Å². The first kappa shape index (κ1) is 23.6. The Morgan fingerprint density at radius 3 is 2.45 bits per heavy atom. The van der Waals surface area contributed by atoms with Gasteiger partial charge in [-0.25, -0.2) is 9.07 Å². The third-order valence-electron chi connectivity index (χ3n) is 8.72. The van der Waals surface area contributed by atoms with Gasteiger partial charge in [0.2, 0.25) is 0 Å². The van der Waals surface area contributed by atoms with Gasteiger partial charge in [0.15, 0.2) is 5.79 Å². The highest BCUT2D eigenvalue weighted by Gasteiger charge is 2.62. The van der Waals surface area contributed by atoms with E-state index in [1.54, 1.807) is 12.1 Å². The molecule has 192 valence electrons. The third kappa shape index (κ3) is 3.76. The van der Waals surface area contributed by atoms with Crippen molar-refractivity contribution >= 4 is 6.08 Å². The molecular weight excluding hydrogens is 475 g/mol. The smallest absolute Gasteiger partial charge is 0.179 e. The van der Waals surface area contributed by atoms with Crippen LogP contribution in [0.5, 0.6) is 0 Å². The lowest BCUT2D eigenvalue weighted by Crippen LogP contribution is -2.53. The second-order valence-electron chi connectivity index (χ2n) is 11.0. The summed E-state index contributed by atoms with van der Waals surface area (Å²) < 4.78 is 29.7. The summed E-state index contributed by atoms with van der Waals surface area (Å²) >= 11 is 0. The van der Waals surface area contributed by atoms with E-state index in [2.05, 4.69) is 67.6 Å². The molecular formula is C33H31FN2O2. The Morgan fingerprint density at radius 1 is 0.947 bits per heavy atom. The van der Waals surface area contributed by atoms with Gasteiger partial charge in [-0.2, -0.15) is 5.10 Å². The number of hydrogen-bond acceptors (Lipinski definition) is 3. The fourth-order valence-electron chi connectivity index (χ4n) is 6.72. The summed E-state index contributed by atoms with van der Waals surface area (Å²) in [5.74, 6) is -0.962. The Labute approximate surface area is 222 Å². The zero-order valence-electron chi connectivity index (χ0n) is 21.5. The highest BCUT2D eigenvalue weighted by Crippen LogP contribution is 2.60. The van der Waals surface area contributed by atoms with Crippen molar-refractivity contribution in [1.82, 2.24) is 9.78 Å². The first-order chi connectivity index (χ1) is 18.5. The van der Waals surface area contributed by atoms with E-state index in [1.165, 1.54) is 23.3 Å². The minimum Gasteiger partial charge on any atom is -0.342 e. The Morgan fingerprint density at radius 2 is 1.68 bits per heavy atom. The van der Waals surface area contributed by atoms with Gasteiger partial charge >= 0.3 is 0 Å². The van der Waals surface area contributed by atoms with Crippen LogP contribution in [0.4, 0.5) is 4.39 Å². The average molecular weight is 507 g/mol. The molecule has 0 bridgehead atoms. The van der Waals surface area contributed by atoms with Crippen molar-refractivity contribution in [2.24, 2.45) is 5.41 Å². The molecule has 5 heteroatoms. The van der Waals surface area contributed by atoms with Gasteiger partial charge in [-0.1, -0.05) is 73.2 Å². The summed E-state index contributed by atoms with van der Waals surface area (Å²) in [6, 6.07) is 27.6. The normalized spacial score (nSPS) is 28.1. The highest BCUT2D eigenvalue weighted by molar-refractivity contribution is 5.62. The molecule has 4 nitrogen and oxygen atoms in total. The Hall–Kier alpha value is -3.54. The topological polar surface area (TPSA) is 36.3 Å². The van der Waals surface area contributed by atoms with Gasteiger partial charge in [0.1, 0.15) is 11.9 Å². The first-order valence-electron chi connectivity index (χ1n) is 13.5. The molecule has 3 aliphatic rings. The van der Waals surface area contributed by atoms with Crippen LogP contribution in [0.3, 0.4) is 0 Å². The van der Waals surface area contributed by atoms with Crippen LogP contribution in [-0.2, 0) is 22.3 Å². The van der Waals surface area contributed by atoms with E-state index < -0.39 is 5.79 Å². The summed E-state index contributed by atoms with van der Waals surface area (Å²) in [7, 11) is 0. The summed E-state index contributed by atoms with van der Waals surface area (Å²) in [6.45, 7) is 2.31. The van der Waals surface area contributed by atoms with Crippen molar-refractivity contribution < 1.29 is 13.9 Å². The molecule has 4 aromatic rings. The van der Waals surface area contributed by atoms with Crippen LogP contribution in [-0.4, -0.2) is 21.7 Å². The van der Waals surface area contributed by atoms with Crippen LogP contribution < -0.4 is 0 Å². The van der Waals surface area contributed by atoms with Gasteiger partial charge in [0.05, 0.1) is 23.7 Å². The molecule has 1 saturated heterocycles. The van der Waals surface area contributed by atoms with Crippen LogP contribution in [0.25, 0.3) is 11.8 Å². The summed E-state index contributed by atoms with van der Waals surface area (Å²) in [6.07, 6.45) is 8.45. The molecule has 0 N–H and O–H groups in total. The lowest BCUT2D eigenvalue weighted by atomic mass is 9.62. The highest BCUT2D eigenvalue weighted by atomic mass is 19.1. The van der Waals surface area contributed by atoms with Gasteiger partial charge in [-0.3, -0.25) is 0 Å². The minimum atomic E-state index is -0.716. The van der Waals surface area contributed by atoms with E-state index in [9.17, 15) is 4.39 Å². The SMILES string of the molecule is CC12Cc3cnn(-c4ccc(F)cc4)c3C=C1CCCC21OC(Cc2ccccc2)[C@H](c2ccccc2)O1. The van der Waals surface area contributed by atoms with Crippen molar-refractivity contribution in [2.45, 2.75) is 57.0 Å². The fourth-order valence-corrected chi connectivity index (χ4v) is 6.72. The molecule has 0 radical (unpaired) electrons. The number of aromatic nitrogens is 2. The molecule has 2 aliphatic carbocycles. The standard InChI is InChI=1S/C33H31FN2O2/c1-32-21-25-22-35-36(28-16-14-27(34)15-17-28)29(25)20-26(32)13-8-18-33(32)37-30(19-23-9-4-2-5-10-23)31(38-33)24-11-6-3-7-12-24/h2-7,9-12,14-17,20,22,30-31H,8,13,18-19,21H2,1H3/t30?,31-,32?,33?/m0/s1. The first-order valence-corrected chi connectivity index (χ1v) is 13.5. The maximum absolute atomic E-state index is 13.6. The zero-order valence-corrected chi connectivity index (χ0v) is 21.5. The molecule has 3 unspecified atom stereocenters. The van der Waals surface area contributed by atoms with Crippen LogP contribution in [0.15, 0.2) is 96.7 Å². The lowest BCUT2D eigenvalue weighted by molar-refractivity contribution is -0.248. The number of rotatable bonds is 4. The van der Waals surface area contributed by atoms with E-state index in [1.807, 2.05) is 16.9 Å². The average Bonchev–Trinajstić information content (AvgIpc) is 3.51. The quantitative estimate of drug-likeness (QED) is 0.293. The number of benzene rings is 3. The van der Waals surface area contributed by atoms with E-state index in [-0.39, 0.29) is 23.4 Å². The fraction of sp³-hybridized carbons (Fsp3) is 0.303. The Kier molecular flexibility index (Phi) is 5.60. The molecule has 0 amide bonds. The third-order valence-corrected chi connectivity index (χ3v) is 8.72. The molecule has 4 atom stereocenters. The van der Waals surface area contributed by atoms with Crippen LogP contribution in [0, 0.1) is 11.2 Å². The largest absolute Gasteiger partial charge is 0.342 e. The molecule has 38 heavy (non-hydrogen) atoms. The van der Waals surface area contributed by atoms with Crippen molar-refractivity contribution in [3.63, 3.8) is 0 Å². The molecule has 1 spiro atoms.